The van der Waals surface area contributed by atoms with E-state index in [0.717, 1.165) is 0 Å². The molecule has 3 N–H and O–H groups in total. The van der Waals surface area contributed by atoms with Crippen LogP contribution in [-0.2, 0) is 4.74 Å². The van der Waals surface area contributed by atoms with Crippen LogP contribution < -0.4 is 10.5 Å². The Labute approximate surface area is 106 Å². The van der Waals surface area contributed by atoms with Crippen molar-refractivity contribution in [3.8, 4) is 5.88 Å². The summed E-state index contributed by atoms with van der Waals surface area (Å²) in [6.45, 7) is 5.46. The standard InChI is InChI=1S/C12H18N2O4/c1-8(2)7-17-5-6-18-11-9(13)3-4-10(14-11)12(15)16/h3-4,8H,5-7,13H2,1-2H3,(H,15,16). The zero-order valence-corrected chi connectivity index (χ0v) is 10.5. The molecular formula is C12H18N2O4. The Morgan fingerprint density at radius 2 is 2.17 bits per heavy atom. The van der Waals surface area contributed by atoms with Crippen LogP contribution in [-0.4, -0.2) is 35.9 Å². The van der Waals surface area contributed by atoms with Gasteiger partial charge in [0.2, 0.25) is 5.88 Å². The van der Waals surface area contributed by atoms with Crippen molar-refractivity contribution in [2.45, 2.75) is 13.8 Å². The summed E-state index contributed by atoms with van der Waals surface area (Å²) in [5.74, 6) is -0.525. The van der Waals surface area contributed by atoms with Crippen LogP contribution in [0.5, 0.6) is 5.88 Å². The number of pyridine rings is 1. The molecule has 0 aromatic carbocycles. The van der Waals surface area contributed by atoms with E-state index in [0.29, 0.717) is 24.8 Å². The highest BCUT2D eigenvalue weighted by Gasteiger charge is 2.09. The topological polar surface area (TPSA) is 94.7 Å². The molecule has 0 fully saturated rings. The van der Waals surface area contributed by atoms with Crippen LogP contribution in [0.2, 0.25) is 0 Å². The van der Waals surface area contributed by atoms with Gasteiger partial charge in [-0.05, 0) is 18.1 Å². The molecule has 1 aromatic rings. The highest BCUT2D eigenvalue weighted by molar-refractivity contribution is 5.86. The Bertz CT molecular complexity index is 407. The molecule has 0 amide bonds. The summed E-state index contributed by atoms with van der Waals surface area (Å²) in [5.41, 5.74) is 5.85. The maximum absolute atomic E-state index is 10.7. The smallest absolute Gasteiger partial charge is 0.354 e. The van der Waals surface area contributed by atoms with Gasteiger partial charge in [-0.2, -0.15) is 0 Å². The number of carboxylic acids is 1. The molecule has 100 valence electrons. The van der Waals surface area contributed by atoms with E-state index in [1.165, 1.54) is 12.1 Å². The van der Waals surface area contributed by atoms with Crippen LogP contribution in [0.25, 0.3) is 0 Å². The van der Waals surface area contributed by atoms with Gasteiger partial charge in [0.1, 0.15) is 6.61 Å². The lowest BCUT2D eigenvalue weighted by atomic mass is 10.2. The summed E-state index contributed by atoms with van der Waals surface area (Å²) < 4.78 is 10.6. The maximum Gasteiger partial charge on any atom is 0.354 e. The average molecular weight is 254 g/mol. The van der Waals surface area contributed by atoms with Crippen molar-refractivity contribution in [3.63, 3.8) is 0 Å². The van der Waals surface area contributed by atoms with E-state index in [1.807, 2.05) is 0 Å². The molecule has 0 bridgehead atoms. The van der Waals surface area contributed by atoms with Gasteiger partial charge >= 0.3 is 5.97 Å². The van der Waals surface area contributed by atoms with Gasteiger partial charge in [-0.3, -0.25) is 0 Å². The summed E-state index contributed by atoms with van der Waals surface area (Å²) in [4.78, 5) is 14.5. The molecule has 0 aliphatic carbocycles. The predicted octanol–water partition coefficient (Wildman–Crippen LogP) is 1.41. The fourth-order valence-electron chi connectivity index (χ4n) is 1.20. The second-order valence-corrected chi connectivity index (χ2v) is 4.21. The van der Waals surface area contributed by atoms with Gasteiger partial charge in [0, 0.05) is 6.61 Å². The number of nitrogens with zero attached hydrogens (tertiary/aromatic N) is 1. The van der Waals surface area contributed by atoms with Crippen molar-refractivity contribution in [1.82, 2.24) is 4.98 Å². The Morgan fingerprint density at radius 3 is 2.78 bits per heavy atom. The minimum absolute atomic E-state index is 0.0951. The number of nitrogens with two attached hydrogens (primary N) is 1. The SMILES string of the molecule is CC(C)COCCOc1nc(C(=O)O)ccc1N. The number of hydrogen-bond donors (Lipinski definition) is 2. The van der Waals surface area contributed by atoms with Crippen molar-refractivity contribution in [2.24, 2.45) is 5.92 Å². The van der Waals surface area contributed by atoms with Crippen molar-refractivity contribution in [2.75, 3.05) is 25.6 Å². The molecule has 18 heavy (non-hydrogen) atoms. The molecule has 0 aliphatic rings. The number of aromatic nitrogens is 1. The molecule has 6 heteroatoms. The molecule has 6 nitrogen and oxygen atoms in total. The average Bonchev–Trinajstić information content (AvgIpc) is 2.30. The van der Waals surface area contributed by atoms with Crippen LogP contribution in [0.15, 0.2) is 12.1 Å². The van der Waals surface area contributed by atoms with Crippen molar-refractivity contribution >= 4 is 11.7 Å². The molecule has 0 atom stereocenters. The van der Waals surface area contributed by atoms with E-state index in [9.17, 15) is 4.79 Å². The first-order valence-corrected chi connectivity index (χ1v) is 5.71. The number of rotatable bonds is 7. The Kier molecular flexibility index (Phi) is 5.38. The first kappa shape index (κ1) is 14.2. The molecule has 1 heterocycles. The predicted molar refractivity (Wildman–Crippen MR) is 66.8 cm³/mol. The fourth-order valence-corrected chi connectivity index (χ4v) is 1.20. The van der Waals surface area contributed by atoms with Crippen molar-refractivity contribution in [3.05, 3.63) is 17.8 Å². The second kappa shape index (κ2) is 6.80. The Morgan fingerprint density at radius 1 is 1.44 bits per heavy atom. The van der Waals surface area contributed by atoms with E-state index in [4.69, 9.17) is 20.3 Å². The van der Waals surface area contributed by atoms with Crippen LogP contribution in [0.4, 0.5) is 5.69 Å². The van der Waals surface area contributed by atoms with E-state index in [-0.39, 0.29) is 18.2 Å². The zero-order chi connectivity index (χ0) is 13.5. The Balaban J connectivity index is 2.46. The van der Waals surface area contributed by atoms with Crippen LogP contribution >= 0.6 is 0 Å². The van der Waals surface area contributed by atoms with E-state index in [1.54, 1.807) is 0 Å². The van der Waals surface area contributed by atoms with Crippen LogP contribution in [0, 0.1) is 5.92 Å². The molecule has 0 aliphatic heterocycles. The molecule has 0 saturated heterocycles. The zero-order valence-electron chi connectivity index (χ0n) is 10.5. The number of nitrogen functional groups attached to an aromatic ring is 1. The van der Waals surface area contributed by atoms with E-state index >= 15 is 0 Å². The highest BCUT2D eigenvalue weighted by atomic mass is 16.5. The number of carbonyl (C=O) groups is 1. The summed E-state index contributed by atoms with van der Waals surface area (Å²) in [7, 11) is 0. The lowest BCUT2D eigenvalue weighted by Crippen LogP contribution is -2.12. The molecule has 1 aromatic heterocycles. The van der Waals surface area contributed by atoms with Gasteiger partial charge < -0.3 is 20.3 Å². The third-order valence-corrected chi connectivity index (χ3v) is 2.03. The van der Waals surface area contributed by atoms with E-state index in [2.05, 4.69) is 18.8 Å². The first-order valence-electron chi connectivity index (χ1n) is 5.71. The molecular weight excluding hydrogens is 236 g/mol. The highest BCUT2D eigenvalue weighted by Crippen LogP contribution is 2.18. The van der Waals surface area contributed by atoms with Crippen LogP contribution in [0.3, 0.4) is 0 Å². The minimum atomic E-state index is -1.11. The molecule has 1 rings (SSSR count). The second-order valence-electron chi connectivity index (χ2n) is 4.21. The number of hydrogen-bond acceptors (Lipinski definition) is 5. The van der Waals surface area contributed by atoms with Crippen LogP contribution in [0.1, 0.15) is 24.3 Å². The van der Waals surface area contributed by atoms with Gasteiger partial charge in [-0.1, -0.05) is 13.8 Å². The third-order valence-electron chi connectivity index (χ3n) is 2.03. The Hall–Kier alpha value is -1.82. The number of ether oxygens (including phenoxy) is 2. The minimum Gasteiger partial charge on any atom is -0.477 e. The number of anilines is 1. The summed E-state index contributed by atoms with van der Waals surface area (Å²) in [6.07, 6.45) is 0. The maximum atomic E-state index is 10.7. The summed E-state index contributed by atoms with van der Waals surface area (Å²) in [5, 5.41) is 8.79. The first-order chi connectivity index (χ1) is 8.50. The van der Waals surface area contributed by atoms with Gasteiger partial charge in [0.25, 0.3) is 0 Å². The van der Waals surface area contributed by atoms with E-state index < -0.39 is 5.97 Å². The summed E-state index contributed by atoms with van der Waals surface area (Å²) in [6, 6.07) is 2.79. The van der Waals surface area contributed by atoms with Crippen molar-refractivity contribution < 1.29 is 19.4 Å². The van der Waals surface area contributed by atoms with Gasteiger partial charge in [-0.15, -0.1) is 0 Å². The normalized spacial score (nSPS) is 10.6. The van der Waals surface area contributed by atoms with Gasteiger partial charge in [0.05, 0.1) is 12.3 Å². The molecule has 0 spiro atoms. The quantitative estimate of drug-likeness (QED) is 0.714. The lowest BCUT2D eigenvalue weighted by molar-refractivity contribution is 0.0685. The lowest BCUT2D eigenvalue weighted by Gasteiger charge is -2.09. The van der Waals surface area contributed by atoms with Gasteiger partial charge in [-0.25, -0.2) is 9.78 Å². The monoisotopic (exact) mass is 254 g/mol. The molecule has 0 saturated carbocycles. The molecule has 0 radical (unpaired) electrons. The fraction of sp³-hybridized carbons (Fsp3) is 0.500. The van der Waals surface area contributed by atoms with Gasteiger partial charge in [0.15, 0.2) is 5.69 Å². The third kappa shape index (κ3) is 4.58. The largest absolute Gasteiger partial charge is 0.477 e. The molecule has 0 unspecified atom stereocenters. The number of carboxylic acid groups (broad SMARTS) is 1. The number of aromatic carboxylic acids is 1. The summed E-state index contributed by atoms with van der Waals surface area (Å²) >= 11 is 0. The van der Waals surface area contributed by atoms with Crippen molar-refractivity contribution in [1.29, 1.82) is 0 Å².